The molecular formula is C16H24N2O. The maximum absolute atomic E-state index is 12.0. The van der Waals surface area contributed by atoms with Crippen LogP contribution >= 0.6 is 0 Å². The number of benzene rings is 1. The summed E-state index contributed by atoms with van der Waals surface area (Å²) >= 11 is 0. The number of amides is 1. The number of hydrogen-bond donors (Lipinski definition) is 2. The fourth-order valence-electron chi connectivity index (χ4n) is 2.73. The van der Waals surface area contributed by atoms with Crippen LogP contribution in [0.2, 0.25) is 0 Å². The molecule has 1 aromatic carbocycles. The van der Waals surface area contributed by atoms with Crippen LogP contribution in [0, 0.1) is 10.8 Å². The fraction of sp³-hybridized carbons (Fsp3) is 0.562. The van der Waals surface area contributed by atoms with Gasteiger partial charge in [-0.2, -0.15) is 0 Å². The average Bonchev–Trinajstić information content (AvgIpc) is 2.71. The van der Waals surface area contributed by atoms with Crippen LogP contribution in [0.15, 0.2) is 24.3 Å². The molecule has 0 unspecified atom stereocenters. The van der Waals surface area contributed by atoms with Gasteiger partial charge in [-0.05, 0) is 34.9 Å². The summed E-state index contributed by atoms with van der Waals surface area (Å²) < 4.78 is 0. The van der Waals surface area contributed by atoms with Gasteiger partial charge >= 0.3 is 0 Å². The first-order valence-corrected chi connectivity index (χ1v) is 6.89. The molecule has 1 fully saturated rings. The Labute approximate surface area is 115 Å². The number of hydrogen-bond acceptors (Lipinski definition) is 2. The molecule has 1 aliphatic rings. The molecular weight excluding hydrogens is 236 g/mol. The third-order valence-electron chi connectivity index (χ3n) is 4.95. The highest BCUT2D eigenvalue weighted by atomic mass is 16.1. The number of aryl methyl sites for hydroxylation is 1. The molecule has 1 aliphatic carbocycles. The van der Waals surface area contributed by atoms with Crippen LogP contribution in [0.25, 0.3) is 0 Å². The van der Waals surface area contributed by atoms with Gasteiger partial charge in [0.1, 0.15) is 0 Å². The number of nitrogen functional groups attached to an aromatic ring is 1. The lowest BCUT2D eigenvalue weighted by Gasteiger charge is -2.07. The van der Waals surface area contributed by atoms with Crippen LogP contribution in [0.3, 0.4) is 0 Å². The largest absolute Gasteiger partial charge is 0.399 e. The van der Waals surface area contributed by atoms with E-state index in [9.17, 15) is 4.79 Å². The highest BCUT2D eigenvalue weighted by molar-refractivity contribution is 5.77. The van der Waals surface area contributed by atoms with E-state index in [4.69, 9.17) is 5.73 Å². The molecule has 0 bridgehead atoms. The van der Waals surface area contributed by atoms with Crippen molar-refractivity contribution in [3.8, 4) is 0 Å². The second kappa shape index (κ2) is 4.55. The lowest BCUT2D eigenvalue weighted by molar-refractivity contribution is -0.121. The number of nitrogens with one attached hydrogen (secondary N) is 1. The second-order valence-corrected chi connectivity index (χ2v) is 6.69. The van der Waals surface area contributed by atoms with Gasteiger partial charge in [0, 0.05) is 18.2 Å². The van der Waals surface area contributed by atoms with Crippen molar-refractivity contribution in [2.24, 2.45) is 10.8 Å². The van der Waals surface area contributed by atoms with E-state index in [-0.39, 0.29) is 16.7 Å². The summed E-state index contributed by atoms with van der Waals surface area (Å²) in [6.45, 7) is 8.83. The van der Waals surface area contributed by atoms with E-state index in [2.05, 4.69) is 33.0 Å². The van der Waals surface area contributed by atoms with E-state index in [0.29, 0.717) is 12.5 Å². The molecule has 0 spiro atoms. The standard InChI is InChI=1S/C16H24N2O/c1-15(2)14(16(15,3)4)18-13(19)10-7-11-5-8-12(17)9-6-11/h5-6,8-9,14H,7,10,17H2,1-4H3,(H,18,19). The molecule has 1 saturated carbocycles. The van der Waals surface area contributed by atoms with Crippen LogP contribution < -0.4 is 11.1 Å². The first kappa shape index (κ1) is 13.9. The van der Waals surface area contributed by atoms with Crippen LogP contribution in [-0.2, 0) is 11.2 Å². The molecule has 3 heteroatoms. The van der Waals surface area contributed by atoms with Gasteiger partial charge in [0.2, 0.25) is 5.91 Å². The molecule has 3 N–H and O–H groups in total. The predicted molar refractivity (Wildman–Crippen MR) is 78.7 cm³/mol. The molecule has 0 heterocycles. The first-order chi connectivity index (χ1) is 8.75. The Morgan fingerprint density at radius 2 is 1.68 bits per heavy atom. The fourth-order valence-corrected chi connectivity index (χ4v) is 2.73. The summed E-state index contributed by atoms with van der Waals surface area (Å²) in [6, 6.07) is 8.00. The van der Waals surface area contributed by atoms with Gasteiger partial charge in [-0.25, -0.2) is 0 Å². The Morgan fingerprint density at radius 1 is 1.16 bits per heavy atom. The normalized spacial score (nSPS) is 20.0. The molecule has 19 heavy (non-hydrogen) atoms. The number of anilines is 1. The van der Waals surface area contributed by atoms with Gasteiger partial charge < -0.3 is 11.1 Å². The van der Waals surface area contributed by atoms with Gasteiger partial charge in [0.05, 0.1) is 0 Å². The van der Waals surface area contributed by atoms with Crippen molar-refractivity contribution in [1.29, 1.82) is 0 Å². The van der Waals surface area contributed by atoms with Crippen molar-refractivity contribution in [2.45, 2.75) is 46.6 Å². The topological polar surface area (TPSA) is 55.1 Å². The lowest BCUT2D eigenvalue weighted by Crippen LogP contribution is -2.29. The number of rotatable bonds is 4. The van der Waals surface area contributed by atoms with E-state index in [1.807, 2.05) is 24.3 Å². The average molecular weight is 260 g/mol. The predicted octanol–water partition coefficient (Wildman–Crippen LogP) is 2.75. The molecule has 0 atom stereocenters. The van der Waals surface area contributed by atoms with Gasteiger partial charge in [-0.15, -0.1) is 0 Å². The van der Waals surface area contributed by atoms with E-state index in [0.717, 1.165) is 17.7 Å². The Hall–Kier alpha value is -1.51. The van der Waals surface area contributed by atoms with Crippen molar-refractivity contribution >= 4 is 11.6 Å². The van der Waals surface area contributed by atoms with Crippen molar-refractivity contribution in [3.05, 3.63) is 29.8 Å². The maximum Gasteiger partial charge on any atom is 0.220 e. The zero-order valence-corrected chi connectivity index (χ0v) is 12.3. The lowest BCUT2D eigenvalue weighted by atomic mass is 10.0. The smallest absolute Gasteiger partial charge is 0.220 e. The highest BCUT2D eigenvalue weighted by Crippen LogP contribution is 2.62. The van der Waals surface area contributed by atoms with Crippen molar-refractivity contribution < 1.29 is 4.79 Å². The molecule has 104 valence electrons. The van der Waals surface area contributed by atoms with Gasteiger partial charge in [-0.3, -0.25) is 4.79 Å². The summed E-state index contributed by atoms with van der Waals surface area (Å²) in [4.78, 5) is 12.0. The molecule has 0 aliphatic heterocycles. The summed E-state index contributed by atoms with van der Waals surface area (Å²) in [6.07, 6.45) is 1.30. The monoisotopic (exact) mass is 260 g/mol. The van der Waals surface area contributed by atoms with E-state index < -0.39 is 0 Å². The molecule has 3 nitrogen and oxygen atoms in total. The quantitative estimate of drug-likeness (QED) is 0.818. The second-order valence-electron chi connectivity index (χ2n) is 6.69. The van der Waals surface area contributed by atoms with Gasteiger partial charge in [-0.1, -0.05) is 39.8 Å². The molecule has 2 rings (SSSR count). The number of nitrogens with two attached hydrogens (primary N) is 1. The van der Waals surface area contributed by atoms with Crippen LogP contribution in [0.4, 0.5) is 5.69 Å². The van der Waals surface area contributed by atoms with Crippen molar-refractivity contribution in [2.75, 3.05) is 5.73 Å². The Balaban J connectivity index is 1.82. The summed E-state index contributed by atoms with van der Waals surface area (Å²) in [5.74, 6) is 0.139. The zero-order valence-electron chi connectivity index (χ0n) is 12.3. The van der Waals surface area contributed by atoms with Crippen LogP contribution in [0.1, 0.15) is 39.7 Å². The minimum atomic E-state index is 0.139. The van der Waals surface area contributed by atoms with Crippen LogP contribution in [0.5, 0.6) is 0 Å². The third-order valence-corrected chi connectivity index (χ3v) is 4.95. The zero-order chi connectivity index (χ0) is 14.3. The molecule has 0 saturated heterocycles. The first-order valence-electron chi connectivity index (χ1n) is 6.89. The molecule has 0 aromatic heterocycles. The van der Waals surface area contributed by atoms with Crippen molar-refractivity contribution in [1.82, 2.24) is 5.32 Å². The van der Waals surface area contributed by atoms with E-state index in [1.54, 1.807) is 0 Å². The minimum absolute atomic E-state index is 0.139. The maximum atomic E-state index is 12.0. The molecule has 1 amide bonds. The Kier molecular flexibility index (Phi) is 3.33. The Bertz CT molecular complexity index is 460. The van der Waals surface area contributed by atoms with E-state index in [1.165, 1.54) is 0 Å². The summed E-state index contributed by atoms with van der Waals surface area (Å²) in [5.41, 5.74) is 7.94. The summed E-state index contributed by atoms with van der Waals surface area (Å²) in [5, 5.41) is 3.15. The summed E-state index contributed by atoms with van der Waals surface area (Å²) in [7, 11) is 0. The van der Waals surface area contributed by atoms with Crippen LogP contribution in [-0.4, -0.2) is 11.9 Å². The van der Waals surface area contributed by atoms with Gasteiger partial charge in [0.25, 0.3) is 0 Å². The number of carbonyl (C=O) groups excluding carboxylic acids is 1. The Morgan fingerprint density at radius 3 is 2.16 bits per heavy atom. The SMILES string of the molecule is CC1(C)C(NC(=O)CCc2ccc(N)cc2)C1(C)C. The van der Waals surface area contributed by atoms with Gasteiger partial charge in [0.15, 0.2) is 0 Å². The van der Waals surface area contributed by atoms with Crippen molar-refractivity contribution in [3.63, 3.8) is 0 Å². The highest BCUT2D eigenvalue weighted by Gasteiger charge is 2.65. The molecule has 1 aromatic rings. The number of carbonyl (C=O) groups is 1. The molecule has 0 radical (unpaired) electrons. The third kappa shape index (κ3) is 2.60. The minimum Gasteiger partial charge on any atom is -0.399 e. The van der Waals surface area contributed by atoms with E-state index >= 15 is 0 Å².